The van der Waals surface area contributed by atoms with Crippen LogP contribution in [0.15, 0.2) is 60.7 Å². The summed E-state index contributed by atoms with van der Waals surface area (Å²) in [6.07, 6.45) is 0. The lowest BCUT2D eigenvalue weighted by molar-refractivity contribution is -0.134. The number of hydrogen-bond donors (Lipinski definition) is 1. The first-order valence-electron chi connectivity index (χ1n) is 8.29. The summed E-state index contributed by atoms with van der Waals surface area (Å²) < 4.78 is 5.49. The summed E-state index contributed by atoms with van der Waals surface area (Å²) in [6.45, 7) is 2.06. The highest BCUT2D eigenvalue weighted by molar-refractivity contribution is 5.89. The molecule has 3 rings (SSSR count). The number of rotatable bonds is 4. The van der Waals surface area contributed by atoms with Crippen molar-refractivity contribution < 1.29 is 14.3 Å². The maximum atomic E-state index is 12.2. The van der Waals surface area contributed by atoms with Crippen LogP contribution in [0.4, 0.5) is 10.5 Å². The molecule has 130 valence electrons. The topological polar surface area (TPSA) is 61.9 Å². The fourth-order valence-corrected chi connectivity index (χ4v) is 2.64. The molecule has 0 radical (unpaired) electrons. The largest absolute Gasteiger partial charge is 0.484 e. The number of nitrogens with zero attached hydrogens (tertiary/aromatic N) is 2. The van der Waals surface area contributed by atoms with Crippen LogP contribution in [0, 0.1) is 0 Å². The maximum absolute atomic E-state index is 12.2. The summed E-state index contributed by atoms with van der Waals surface area (Å²) in [4.78, 5) is 27.9. The second-order valence-corrected chi connectivity index (χ2v) is 5.77. The van der Waals surface area contributed by atoms with Crippen LogP contribution in [0.5, 0.6) is 5.75 Å². The Morgan fingerprint density at radius 3 is 2.04 bits per heavy atom. The van der Waals surface area contributed by atoms with Gasteiger partial charge in [-0.1, -0.05) is 36.4 Å². The molecule has 0 spiro atoms. The van der Waals surface area contributed by atoms with Gasteiger partial charge in [-0.15, -0.1) is 0 Å². The molecule has 2 aromatic carbocycles. The third-order valence-corrected chi connectivity index (χ3v) is 4.05. The quantitative estimate of drug-likeness (QED) is 0.931. The van der Waals surface area contributed by atoms with E-state index in [-0.39, 0.29) is 18.5 Å². The van der Waals surface area contributed by atoms with E-state index in [4.69, 9.17) is 4.74 Å². The number of urea groups is 1. The van der Waals surface area contributed by atoms with E-state index >= 15 is 0 Å². The molecule has 6 heteroatoms. The van der Waals surface area contributed by atoms with E-state index in [1.54, 1.807) is 9.80 Å². The lowest BCUT2D eigenvalue weighted by Gasteiger charge is -2.34. The van der Waals surface area contributed by atoms with E-state index in [1.165, 1.54) is 0 Å². The van der Waals surface area contributed by atoms with Crippen molar-refractivity contribution in [3.8, 4) is 5.75 Å². The van der Waals surface area contributed by atoms with E-state index in [1.807, 2.05) is 60.7 Å². The van der Waals surface area contributed by atoms with Gasteiger partial charge in [-0.2, -0.15) is 0 Å². The Balaban J connectivity index is 1.43. The number of para-hydroxylation sites is 2. The van der Waals surface area contributed by atoms with Crippen LogP contribution >= 0.6 is 0 Å². The molecule has 1 heterocycles. The summed E-state index contributed by atoms with van der Waals surface area (Å²) in [7, 11) is 0. The first-order chi connectivity index (χ1) is 12.2. The van der Waals surface area contributed by atoms with Gasteiger partial charge in [-0.3, -0.25) is 4.79 Å². The van der Waals surface area contributed by atoms with Gasteiger partial charge in [0.1, 0.15) is 5.75 Å². The average Bonchev–Trinajstić information content (AvgIpc) is 2.68. The van der Waals surface area contributed by atoms with Gasteiger partial charge in [-0.25, -0.2) is 4.79 Å². The van der Waals surface area contributed by atoms with Crippen LogP contribution in [0.2, 0.25) is 0 Å². The zero-order chi connectivity index (χ0) is 17.5. The minimum absolute atomic E-state index is 0.0141. The van der Waals surface area contributed by atoms with E-state index < -0.39 is 0 Å². The second-order valence-electron chi connectivity index (χ2n) is 5.77. The smallest absolute Gasteiger partial charge is 0.321 e. The highest BCUT2D eigenvalue weighted by Gasteiger charge is 2.24. The minimum atomic E-state index is -0.140. The van der Waals surface area contributed by atoms with Gasteiger partial charge in [0.25, 0.3) is 5.91 Å². The van der Waals surface area contributed by atoms with Crippen molar-refractivity contribution in [3.05, 3.63) is 60.7 Å². The Kier molecular flexibility index (Phi) is 5.51. The van der Waals surface area contributed by atoms with Crippen LogP contribution in [-0.4, -0.2) is 54.5 Å². The molecular weight excluding hydrogens is 318 g/mol. The second kappa shape index (κ2) is 8.19. The lowest BCUT2D eigenvalue weighted by Crippen LogP contribution is -2.52. The normalized spacial score (nSPS) is 14.1. The molecule has 3 amide bonds. The number of piperazine rings is 1. The molecule has 25 heavy (non-hydrogen) atoms. The first-order valence-corrected chi connectivity index (χ1v) is 8.29. The number of anilines is 1. The standard InChI is InChI=1S/C19H21N3O3/c23-18(15-25-17-9-5-2-6-10-17)21-11-13-22(14-12-21)19(24)20-16-7-3-1-4-8-16/h1-10H,11-15H2,(H,20,24). The van der Waals surface area contributed by atoms with Crippen LogP contribution in [0.1, 0.15) is 0 Å². The molecule has 0 aromatic heterocycles. The molecule has 1 aliphatic rings. The predicted octanol–water partition coefficient (Wildman–Crippen LogP) is 2.44. The lowest BCUT2D eigenvalue weighted by atomic mass is 10.3. The number of carbonyl (C=O) groups is 2. The molecule has 0 aliphatic carbocycles. The highest BCUT2D eigenvalue weighted by Crippen LogP contribution is 2.11. The van der Waals surface area contributed by atoms with Crippen LogP contribution in [-0.2, 0) is 4.79 Å². The number of benzene rings is 2. The number of amides is 3. The van der Waals surface area contributed by atoms with Crippen molar-refractivity contribution in [2.75, 3.05) is 38.1 Å². The first kappa shape index (κ1) is 16.8. The average molecular weight is 339 g/mol. The van der Waals surface area contributed by atoms with Crippen LogP contribution in [0.25, 0.3) is 0 Å². The molecule has 0 bridgehead atoms. The van der Waals surface area contributed by atoms with E-state index in [0.29, 0.717) is 31.9 Å². The van der Waals surface area contributed by atoms with Crippen molar-refractivity contribution in [2.45, 2.75) is 0 Å². The Labute approximate surface area is 147 Å². The zero-order valence-electron chi connectivity index (χ0n) is 13.9. The molecule has 0 atom stereocenters. The van der Waals surface area contributed by atoms with Gasteiger partial charge in [0.15, 0.2) is 6.61 Å². The van der Waals surface area contributed by atoms with Crippen LogP contribution in [0.3, 0.4) is 0 Å². The monoisotopic (exact) mass is 339 g/mol. The van der Waals surface area contributed by atoms with Gasteiger partial charge in [0.2, 0.25) is 0 Å². The molecular formula is C19H21N3O3. The molecule has 0 saturated carbocycles. The molecule has 1 fully saturated rings. The third kappa shape index (κ3) is 4.73. The number of nitrogens with one attached hydrogen (secondary N) is 1. The number of ether oxygens (including phenoxy) is 1. The van der Waals surface area contributed by atoms with E-state index in [2.05, 4.69) is 5.32 Å². The van der Waals surface area contributed by atoms with Crippen molar-refractivity contribution >= 4 is 17.6 Å². The maximum Gasteiger partial charge on any atom is 0.321 e. The summed E-state index contributed by atoms with van der Waals surface area (Å²) in [5.74, 6) is 0.615. The Bertz CT molecular complexity index is 698. The van der Waals surface area contributed by atoms with Gasteiger partial charge >= 0.3 is 6.03 Å². The van der Waals surface area contributed by atoms with Crippen molar-refractivity contribution in [3.63, 3.8) is 0 Å². The zero-order valence-corrected chi connectivity index (χ0v) is 13.9. The number of hydrogen-bond acceptors (Lipinski definition) is 3. The summed E-state index contributed by atoms with van der Waals surface area (Å²) >= 11 is 0. The van der Waals surface area contributed by atoms with Crippen molar-refractivity contribution in [2.24, 2.45) is 0 Å². The Hall–Kier alpha value is -3.02. The molecule has 6 nitrogen and oxygen atoms in total. The Morgan fingerprint density at radius 2 is 1.40 bits per heavy atom. The highest BCUT2D eigenvalue weighted by atomic mass is 16.5. The van der Waals surface area contributed by atoms with Gasteiger partial charge in [-0.05, 0) is 24.3 Å². The van der Waals surface area contributed by atoms with Gasteiger partial charge < -0.3 is 19.9 Å². The summed E-state index contributed by atoms with van der Waals surface area (Å²) in [6, 6.07) is 18.5. The van der Waals surface area contributed by atoms with Crippen molar-refractivity contribution in [1.29, 1.82) is 0 Å². The molecule has 1 aliphatic heterocycles. The number of carbonyl (C=O) groups excluding carboxylic acids is 2. The third-order valence-electron chi connectivity index (χ3n) is 4.05. The summed E-state index contributed by atoms with van der Waals surface area (Å²) in [5, 5.41) is 2.86. The van der Waals surface area contributed by atoms with Crippen LogP contribution < -0.4 is 10.1 Å². The predicted molar refractivity (Wildman–Crippen MR) is 95.6 cm³/mol. The Morgan fingerprint density at radius 1 is 0.840 bits per heavy atom. The molecule has 0 unspecified atom stereocenters. The van der Waals surface area contributed by atoms with Gasteiger partial charge in [0, 0.05) is 31.9 Å². The molecule has 1 N–H and O–H groups in total. The van der Waals surface area contributed by atoms with Crippen molar-refractivity contribution in [1.82, 2.24) is 9.80 Å². The molecule has 1 saturated heterocycles. The fraction of sp³-hybridized carbons (Fsp3) is 0.263. The fourth-order valence-electron chi connectivity index (χ4n) is 2.64. The van der Waals surface area contributed by atoms with Gasteiger partial charge in [0.05, 0.1) is 0 Å². The molecule has 2 aromatic rings. The summed E-state index contributed by atoms with van der Waals surface area (Å²) in [5.41, 5.74) is 0.766. The van der Waals surface area contributed by atoms with E-state index in [0.717, 1.165) is 5.69 Å². The SMILES string of the molecule is O=C(COc1ccccc1)N1CCN(C(=O)Nc2ccccc2)CC1. The van der Waals surface area contributed by atoms with E-state index in [9.17, 15) is 9.59 Å². The minimum Gasteiger partial charge on any atom is -0.484 e.